The second kappa shape index (κ2) is 7.64. The number of nitrogens with one attached hydrogen (secondary N) is 1. The van der Waals surface area contributed by atoms with Crippen molar-refractivity contribution in [2.45, 2.75) is 19.6 Å². The summed E-state index contributed by atoms with van der Waals surface area (Å²) in [6, 6.07) is 4.71. The van der Waals surface area contributed by atoms with Gasteiger partial charge in [0.15, 0.2) is 0 Å². The predicted molar refractivity (Wildman–Crippen MR) is 104 cm³/mol. The first-order valence-corrected chi connectivity index (χ1v) is 8.84. The zero-order chi connectivity index (χ0) is 18.8. The number of aliphatic hydroxyl groups is 2. The molecule has 1 aromatic carbocycles. The van der Waals surface area contributed by atoms with Gasteiger partial charge in [0.25, 0.3) is 5.56 Å². The van der Waals surface area contributed by atoms with E-state index in [1.54, 1.807) is 19.1 Å². The van der Waals surface area contributed by atoms with E-state index >= 15 is 0 Å². The van der Waals surface area contributed by atoms with Crippen molar-refractivity contribution >= 4 is 44.9 Å². The fourth-order valence-electron chi connectivity index (χ4n) is 2.53. The van der Waals surface area contributed by atoms with Crippen LogP contribution in [0.15, 0.2) is 35.5 Å². The number of hydrogen-bond acceptors (Lipinski definition) is 6. The summed E-state index contributed by atoms with van der Waals surface area (Å²) >= 11 is 2.01. The Morgan fingerprint density at radius 1 is 1.38 bits per heavy atom. The molecule has 0 aliphatic carbocycles. The van der Waals surface area contributed by atoms with Gasteiger partial charge >= 0.3 is 0 Å². The summed E-state index contributed by atoms with van der Waals surface area (Å²) in [5, 5.41) is 21.8. The molecule has 2 aromatic heterocycles. The van der Waals surface area contributed by atoms with E-state index in [-0.39, 0.29) is 17.6 Å². The summed E-state index contributed by atoms with van der Waals surface area (Å²) in [5.41, 5.74) is 1.01. The Bertz CT molecular complexity index is 1020. The van der Waals surface area contributed by atoms with Crippen LogP contribution in [0.4, 0.5) is 15.8 Å². The molecule has 136 valence electrons. The maximum absolute atomic E-state index is 14.2. The number of halogens is 2. The number of aromatic nitrogens is 3. The van der Waals surface area contributed by atoms with Crippen molar-refractivity contribution in [1.82, 2.24) is 14.5 Å². The second-order valence-corrected chi connectivity index (χ2v) is 7.01. The summed E-state index contributed by atoms with van der Waals surface area (Å²) in [6.45, 7) is 1.13. The van der Waals surface area contributed by atoms with Gasteiger partial charge in [-0.1, -0.05) is 0 Å². The van der Waals surface area contributed by atoms with Crippen LogP contribution in [-0.4, -0.2) is 37.5 Å². The molecule has 0 saturated carbocycles. The number of hydrogen-bond donors (Lipinski definition) is 3. The van der Waals surface area contributed by atoms with E-state index in [9.17, 15) is 14.3 Å². The molecular weight excluding hydrogens is 454 g/mol. The van der Waals surface area contributed by atoms with E-state index in [0.717, 1.165) is 3.57 Å². The minimum absolute atomic E-state index is 0.100. The lowest BCUT2D eigenvalue weighted by molar-refractivity contribution is 0.0803. The highest BCUT2D eigenvalue weighted by Crippen LogP contribution is 2.27. The number of aryl methyl sites for hydroxylation is 1. The monoisotopic (exact) mass is 470 g/mol. The van der Waals surface area contributed by atoms with E-state index in [1.165, 1.54) is 23.2 Å². The van der Waals surface area contributed by atoms with Gasteiger partial charge in [-0.15, -0.1) is 0 Å². The topological polar surface area (TPSA) is 100 Å². The average molecular weight is 470 g/mol. The van der Waals surface area contributed by atoms with Crippen LogP contribution in [0.5, 0.6) is 0 Å². The number of benzene rings is 1. The van der Waals surface area contributed by atoms with Gasteiger partial charge in [-0.05, 0) is 47.7 Å². The Labute approximate surface area is 161 Å². The van der Waals surface area contributed by atoms with E-state index in [1.807, 2.05) is 22.6 Å². The lowest BCUT2D eigenvalue weighted by Gasteiger charge is -2.15. The standard InChI is InChI=1S/C17H16FIN4O3/c1-9-16(22-13-3-2-10(19)4-12(13)18)15-14(5-20-9)21-8-23(17(15)26)6-11(25)7-24/h2-5,8,11,22,24-25H,6-7H2,1H3/t11-/m0/s1. The fraction of sp³-hybridized carbons (Fsp3) is 0.235. The third kappa shape index (κ3) is 3.69. The molecule has 26 heavy (non-hydrogen) atoms. The smallest absolute Gasteiger partial charge is 0.263 e. The molecule has 0 aliphatic rings. The lowest BCUT2D eigenvalue weighted by atomic mass is 10.2. The van der Waals surface area contributed by atoms with Crippen LogP contribution in [0.3, 0.4) is 0 Å². The number of pyridine rings is 1. The Morgan fingerprint density at radius 3 is 2.85 bits per heavy atom. The van der Waals surface area contributed by atoms with E-state index in [0.29, 0.717) is 16.9 Å². The minimum Gasteiger partial charge on any atom is -0.394 e. The van der Waals surface area contributed by atoms with Gasteiger partial charge in [0.05, 0.1) is 59.8 Å². The van der Waals surface area contributed by atoms with Crippen LogP contribution >= 0.6 is 22.6 Å². The second-order valence-electron chi connectivity index (χ2n) is 5.77. The summed E-state index contributed by atoms with van der Waals surface area (Å²) in [4.78, 5) is 21.2. The summed E-state index contributed by atoms with van der Waals surface area (Å²) < 4.78 is 16.2. The molecule has 0 unspecified atom stereocenters. The number of fused-ring (bicyclic) bond motifs is 1. The minimum atomic E-state index is -1.08. The molecule has 0 radical (unpaired) electrons. The molecular formula is C17H16FIN4O3. The van der Waals surface area contributed by atoms with Crippen LogP contribution in [0.1, 0.15) is 5.69 Å². The summed E-state index contributed by atoms with van der Waals surface area (Å²) in [6.07, 6.45) is 1.67. The highest BCUT2D eigenvalue weighted by atomic mass is 127. The summed E-state index contributed by atoms with van der Waals surface area (Å²) in [5.74, 6) is -0.451. The first-order valence-electron chi connectivity index (χ1n) is 7.76. The molecule has 3 N–H and O–H groups in total. The zero-order valence-corrected chi connectivity index (χ0v) is 15.9. The molecule has 0 saturated heterocycles. The molecule has 0 aliphatic heterocycles. The van der Waals surface area contributed by atoms with Gasteiger partial charge in [-0.2, -0.15) is 0 Å². The Hall–Kier alpha value is -2.11. The van der Waals surface area contributed by atoms with Crippen molar-refractivity contribution in [2.75, 3.05) is 11.9 Å². The van der Waals surface area contributed by atoms with E-state index in [2.05, 4.69) is 15.3 Å². The molecule has 2 heterocycles. The maximum Gasteiger partial charge on any atom is 0.263 e. The third-order valence-electron chi connectivity index (χ3n) is 3.87. The van der Waals surface area contributed by atoms with Crippen LogP contribution < -0.4 is 10.9 Å². The van der Waals surface area contributed by atoms with Crippen molar-refractivity contribution in [3.63, 3.8) is 0 Å². The molecule has 3 rings (SSSR count). The van der Waals surface area contributed by atoms with Crippen molar-refractivity contribution in [1.29, 1.82) is 0 Å². The highest BCUT2D eigenvalue weighted by Gasteiger charge is 2.16. The summed E-state index contributed by atoms with van der Waals surface area (Å²) in [7, 11) is 0. The molecule has 1 atom stereocenters. The Kier molecular flexibility index (Phi) is 5.49. The molecule has 0 spiro atoms. The van der Waals surface area contributed by atoms with Gasteiger partial charge in [0.1, 0.15) is 5.82 Å². The fourth-order valence-corrected chi connectivity index (χ4v) is 2.98. The van der Waals surface area contributed by atoms with E-state index in [4.69, 9.17) is 5.11 Å². The molecule has 9 heteroatoms. The van der Waals surface area contributed by atoms with E-state index < -0.39 is 24.1 Å². The van der Waals surface area contributed by atoms with Crippen molar-refractivity contribution in [3.8, 4) is 0 Å². The SMILES string of the molecule is Cc1ncc2ncn(C[C@H](O)CO)c(=O)c2c1Nc1ccc(I)cc1F. The molecule has 3 aromatic rings. The molecule has 0 fully saturated rings. The highest BCUT2D eigenvalue weighted by molar-refractivity contribution is 14.1. The van der Waals surface area contributed by atoms with Crippen LogP contribution in [-0.2, 0) is 6.54 Å². The first kappa shape index (κ1) is 18.7. The van der Waals surface area contributed by atoms with Gasteiger partial charge < -0.3 is 15.5 Å². The van der Waals surface area contributed by atoms with Crippen LogP contribution in [0.25, 0.3) is 10.9 Å². The van der Waals surface area contributed by atoms with Gasteiger partial charge in [0.2, 0.25) is 0 Å². The third-order valence-corrected chi connectivity index (χ3v) is 4.54. The van der Waals surface area contributed by atoms with Crippen molar-refractivity contribution in [3.05, 3.63) is 56.2 Å². The number of anilines is 2. The number of aliphatic hydroxyl groups excluding tert-OH is 2. The first-order chi connectivity index (χ1) is 12.4. The maximum atomic E-state index is 14.2. The lowest BCUT2D eigenvalue weighted by Crippen LogP contribution is -2.29. The van der Waals surface area contributed by atoms with Gasteiger partial charge in [-0.3, -0.25) is 14.3 Å². The van der Waals surface area contributed by atoms with Crippen LogP contribution in [0.2, 0.25) is 0 Å². The largest absolute Gasteiger partial charge is 0.394 e. The zero-order valence-electron chi connectivity index (χ0n) is 13.8. The normalized spacial score (nSPS) is 12.3. The molecule has 0 amide bonds. The Morgan fingerprint density at radius 2 is 2.15 bits per heavy atom. The number of nitrogens with zero attached hydrogens (tertiary/aromatic N) is 3. The van der Waals surface area contributed by atoms with Gasteiger partial charge in [-0.25, -0.2) is 9.37 Å². The molecule has 0 bridgehead atoms. The molecule has 7 nitrogen and oxygen atoms in total. The average Bonchev–Trinajstić information content (AvgIpc) is 2.61. The van der Waals surface area contributed by atoms with Crippen LogP contribution in [0, 0.1) is 16.3 Å². The Balaban J connectivity index is 2.15. The van der Waals surface area contributed by atoms with Crippen molar-refractivity contribution < 1.29 is 14.6 Å². The van der Waals surface area contributed by atoms with Gasteiger partial charge in [0, 0.05) is 3.57 Å². The van der Waals surface area contributed by atoms with Crippen molar-refractivity contribution in [2.24, 2.45) is 0 Å². The number of rotatable bonds is 5. The predicted octanol–water partition coefficient (Wildman–Crippen LogP) is 1.94. The quantitative estimate of drug-likeness (QED) is 0.493.